The number of rotatable bonds is 16. The zero-order valence-electron chi connectivity index (χ0n) is 21.9. The van der Waals surface area contributed by atoms with Crippen LogP contribution in [0.15, 0.2) is 18.2 Å². The van der Waals surface area contributed by atoms with Crippen LogP contribution in [0.3, 0.4) is 0 Å². The highest BCUT2D eigenvalue weighted by Crippen LogP contribution is 2.30. The first kappa shape index (κ1) is 30.9. The van der Waals surface area contributed by atoms with Crippen molar-refractivity contribution in [1.29, 1.82) is 0 Å². The molecule has 1 unspecified atom stereocenters. The van der Waals surface area contributed by atoms with Crippen LogP contribution >= 0.6 is 0 Å². The van der Waals surface area contributed by atoms with E-state index >= 15 is 0 Å². The minimum absolute atomic E-state index is 0.00261. The van der Waals surface area contributed by atoms with Crippen molar-refractivity contribution in [3.8, 4) is 11.5 Å². The number of nitrogens with one attached hydrogen (secondary N) is 1. The third-order valence-electron chi connectivity index (χ3n) is 4.99. The molecule has 0 spiro atoms. The fourth-order valence-electron chi connectivity index (χ4n) is 3.25. The van der Waals surface area contributed by atoms with Gasteiger partial charge in [-0.25, -0.2) is 4.79 Å². The lowest BCUT2D eigenvalue weighted by molar-refractivity contribution is -0.143. The number of carbonyl (C=O) groups is 4. The van der Waals surface area contributed by atoms with E-state index in [9.17, 15) is 19.2 Å². The standard InChI is InChI=1S/C26H39NO9/c1-6-9-18(4)34-26(31)33-15-14-27-20(25(30)32-5)16-19-12-13-21(35-23(28)10-7-2)22(17-19)36-24(29)11-8-3/h12-13,17-18,20,27H,6-11,14-16H2,1-5H3/t18?,20-/m0/s1. The molecule has 0 saturated heterocycles. The fraction of sp³-hybridized carbons (Fsp3) is 0.615. The maximum absolute atomic E-state index is 12.3. The average molecular weight is 510 g/mol. The SMILES string of the molecule is CCCC(=O)Oc1ccc(C[C@H](NCCOC(=O)OC(C)CCC)C(=O)OC)cc1OC(=O)CCC. The molecule has 0 heterocycles. The number of hydrogen-bond donors (Lipinski definition) is 1. The molecule has 10 nitrogen and oxygen atoms in total. The van der Waals surface area contributed by atoms with Crippen molar-refractivity contribution in [2.45, 2.75) is 84.8 Å². The minimum atomic E-state index is -0.765. The van der Waals surface area contributed by atoms with Gasteiger partial charge in [-0.15, -0.1) is 0 Å². The van der Waals surface area contributed by atoms with Crippen LogP contribution in [0.5, 0.6) is 11.5 Å². The van der Waals surface area contributed by atoms with Crippen LogP contribution < -0.4 is 14.8 Å². The molecular formula is C26H39NO9. The molecule has 0 amide bonds. The van der Waals surface area contributed by atoms with Crippen molar-refractivity contribution in [2.24, 2.45) is 0 Å². The molecule has 2 atom stereocenters. The Balaban J connectivity index is 2.86. The summed E-state index contributed by atoms with van der Waals surface area (Å²) < 4.78 is 25.8. The van der Waals surface area contributed by atoms with Gasteiger partial charge in [-0.2, -0.15) is 0 Å². The van der Waals surface area contributed by atoms with Gasteiger partial charge in [0, 0.05) is 19.4 Å². The lowest BCUT2D eigenvalue weighted by atomic mass is 10.1. The Hall–Kier alpha value is -3.14. The van der Waals surface area contributed by atoms with Crippen molar-refractivity contribution in [1.82, 2.24) is 5.32 Å². The van der Waals surface area contributed by atoms with Gasteiger partial charge < -0.3 is 29.0 Å². The Morgan fingerprint density at radius 1 is 0.917 bits per heavy atom. The second-order valence-electron chi connectivity index (χ2n) is 8.28. The first-order chi connectivity index (χ1) is 17.2. The Morgan fingerprint density at radius 3 is 2.14 bits per heavy atom. The van der Waals surface area contributed by atoms with Crippen LogP contribution in [0.2, 0.25) is 0 Å². The van der Waals surface area contributed by atoms with Gasteiger partial charge in [0.15, 0.2) is 11.5 Å². The van der Waals surface area contributed by atoms with E-state index in [1.807, 2.05) is 20.8 Å². The second kappa shape index (κ2) is 17.3. The largest absolute Gasteiger partial charge is 0.508 e. The highest BCUT2D eigenvalue weighted by atomic mass is 16.7. The number of hydrogen-bond acceptors (Lipinski definition) is 10. The Labute approximate surface area is 212 Å². The summed E-state index contributed by atoms with van der Waals surface area (Å²) in [5, 5.41) is 3.00. The zero-order valence-corrected chi connectivity index (χ0v) is 21.9. The molecule has 1 rings (SSSR count). The van der Waals surface area contributed by atoms with Gasteiger partial charge in [-0.3, -0.25) is 14.4 Å². The van der Waals surface area contributed by atoms with Gasteiger partial charge in [-0.05, 0) is 50.3 Å². The molecule has 0 aliphatic carbocycles. The van der Waals surface area contributed by atoms with Crippen LogP contribution in [-0.2, 0) is 35.0 Å². The molecule has 0 aromatic heterocycles. The van der Waals surface area contributed by atoms with Gasteiger partial charge >= 0.3 is 24.1 Å². The lowest BCUT2D eigenvalue weighted by Crippen LogP contribution is -2.41. The van der Waals surface area contributed by atoms with Crippen molar-refractivity contribution in [3.63, 3.8) is 0 Å². The molecule has 0 saturated carbocycles. The Kier molecular flexibility index (Phi) is 14.9. The molecule has 1 aromatic rings. The number of ether oxygens (including phenoxy) is 5. The van der Waals surface area contributed by atoms with Gasteiger partial charge in [0.2, 0.25) is 0 Å². The van der Waals surface area contributed by atoms with Crippen molar-refractivity contribution in [2.75, 3.05) is 20.3 Å². The maximum atomic E-state index is 12.3. The van der Waals surface area contributed by atoms with E-state index in [0.717, 1.165) is 12.8 Å². The third-order valence-corrected chi connectivity index (χ3v) is 4.99. The van der Waals surface area contributed by atoms with Gasteiger partial charge in [-0.1, -0.05) is 33.3 Å². The van der Waals surface area contributed by atoms with Crippen LogP contribution in [-0.4, -0.2) is 56.5 Å². The van der Waals surface area contributed by atoms with Crippen LogP contribution in [0.25, 0.3) is 0 Å². The normalized spacial score (nSPS) is 12.2. The molecule has 0 bridgehead atoms. The Morgan fingerprint density at radius 2 is 1.56 bits per heavy atom. The second-order valence-corrected chi connectivity index (χ2v) is 8.28. The van der Waals surface area contributed by atoms with Crippen LogP contribution in [0.4, 0.5) is 4.79 Å². The molecule has 10 heteroatoms. The highest BCUT2D eigenvalue weighted by molar-refractivity contribution is 5.77. The number of benzene rings is 1. The van der Waals surface area contributed by atoms with Gasteiger partial charge in [0.05, 0.1) is 7.11 Å². The molecule has 0 radical (unpaired) electrons. The van der Waals surface area contributed by atoms with E-state index in [-0.39, 0.29) is 50.0 Å². The van der Waals surface area contributed by atoms with E-state index < -0.39 is 30.1 Å². The minimum Gasteiger partial charge on any atom is -0.468 e. The lowest BCUT2D eigenvalue weighted by Gasteiger charge is -2.18. The first-order valence-electron chi connectivity index (χ1n) is 12.4. The van der Waals surface area contributed by atoms with Crippen molar-refractivity contribution in [3.05, 3.63) is 23.8 Å². The molecular weight excluding hydrogens is 470 g/mol. The first-order valence-corrected chi connectivity index (χ1v) is 12.4. The predicted molar refractivity (Wildman–Crippen MR) is 132 cm³/mol. The fourth-order valence-corrected chi connectivity index (χ4v) is 3.25. The molecule has 0 fully saturated rings. The van der Waals surface area contributed by atoms with Crippen molar-refractivity contribution < 1.29 is 42.9 Å². The highest BCUT2D eigenvalue weighted by Gasteiger charge is 2.21. The van der Waals surface area contributed by atoms with Crippen LogP contribution in [0, 0.1) is 0 Å². The number of esters is 3. The Bertz CT molecular complexity index is 856. The molecule has 1 N–H and O–H groups in total. The smallest absolute Gasteiger partial charge is 0.468 e. The van der Waals surface area contributed by atoms with E-state index in [0.29, 0.717) is 18.4 Å². The van der Waals surface area contributed by atoms with Crippen molar-refractivity contribution >= 4 is 24.1 Å². The topological polar surface area (TPSA) is 126 Å². The summed E-state index contributed by atoms with van der Waals surface area (Å²) in [7, 11) is 1.27. The molecule has 36 heavy (non-hydrogen) atoms. The van der Waals surface area contributed by atoms with E-state index in [1.165, 1.54) is 13.2 Å². The van der Waals surface area contributed by atoms with E-state index in [4.69, 9.17) is 23.7 Å². The number of carbonyl (C=O) groups excluding carboxylic acids is 4. The molecule has 0 aliphatic heterocycles. The zero-order chi connectivity index (χ0) is 26.9. The predicted octanol–water partition coefficient (Wildman–Crippen LogP) is 4.11. The molecule has 202 valence electrons. The summed E-state index contributed by atoms with van der Waals surface area (Å²) in [5.41, 5.74) is 0.640. The maximum Gasteiger partial charge on any atom is 0.508 e. The quantitative estimate of drug-likeness (QED) is 0.198. The third kappa shape index (κ3) is 12.0. The summed E-state index contributed by atoms with van der Waals surface area (Å²) in [5.74, 6) is -1.17. The number of methoxy groups -OCH3 is 1. The van der Waals surface area contributed by atoms with E-state index in [1.54, 1.807) is 19.1 Å². The summed E-state index contributed by atoms with van der Waals surface area (Å²) >= 11 is 0. The van der Waals surface area contributed by atoms with Crippen LogP contribution in [0.1, 0.15) is 71.8 Å². The summed E-state index contributed by atoms with van der Waals surface area (Å²) in [6, 6.07) is 4.00. The van der Waals surface area contributed by atoms with Gasteiger partial charge in [0.1, 0.15) is 18.8 Å². The molecule has 0 aliphatic rings. The average Bonchev–Trinajstić information content (AvgIpc) is 2.82. The summed E-state index contributed by atoms with van der Waals surface area (Å²) in [6.07, 6.45) is 2.47. The molecule has 1 aromatic carbocycles. The van der Waals surface area contributed by atoms with E-state index in [2.05, 4.69) is 5.32 Å². The van der Waals surface area contributed by atoms with Gasteiger partial charge in [0.25, 0.3) is 0 Å². The summed E-state index contributed by atoms with van der Waals surface area (Å²) in [4.78, 5) is 48.1. The summed E-state index contributed by atoms with van der Waals surface area (Å²) in [6.45, 7) is 7.67. The monoisotopic (exact) mass is 509 g/mol.